The highest BCUT2D eigenvalue weighted by Gasteiger charge is 2.26. The van der Waals surface area contributed by atoms with Crippen molar-refractivity contribution in [2.45, 2.75) is 23.8 Å². The van der Waals surface area contributed by atoms with Gasteiger partial charge in [0, 0.05) is 25.3 Å². The van der Waals surface area contributed by atoms with Gasteiger partial charge in [0.2, 0.25) is 10.0 Å². The zero-order valence-electron chi connectivity index (χ0n) is 14.8. The number of ether oxygens (including phenoxy) is 1. The standard InChI is InChI=1S/C18H21N3O5S/c1-26-16-6-5-14(12-15(16)18(22)23)27(24,25)20-13-7-10-21(11-8-13)17-4-2-3-9-19-17/h2-6,9,12-13,20H,7-8,10-11H2,1H3,(H,22,23). The molecule has 0 spiro atoms. The van der Waals surface area contributed by atoms with Gasteiger partial charge in [-0.1, -0.05) is 6.07 Å². The van der Waals surface area contributed by atoms with Crippen LogP contribution in [0, 0.1) is 0 Å². The van der Waals surface area contributed by atoms with E-state index < -0.39 is 16.0 Å². The normalized spacial score (nSPS) is 15.5. The number of anilines is 1. The summed E-state index contributed by atoms with van der Waals surface area (Å²) in [4.78, 5) is 17.6. The van der Waals surface area contributed by atoms with E-state index in [1.165, 1.54) is 19.2 Å². The third-order valence-corrected chi connectivity index (χ3v) is 6.02. The highest BCUT2D eigenvalue weighted by atomic mass is 32.2. The van der Waals surface area contributed by atoms with Gasteiger partial charge in [-0.3, -0.25) is 0 Å². The summed E-state index contributed by atoms with van der Waals surface area (Å²) >= 11 is 0. The number of pyridine rings is 1. The molecule has 1 aromatic heterocycles. The summed E-state index contributed by atoms with van der Waals surface area (Å²) in [5, 5.41) is 9.24. The number of nitrogens with one attached hydrogen (secondary N) is 1. The molecule has 0 radical (unpaired) electrons. The molecule has 0 amide bonds. The molecule has 0 unspecified atom stereocenters. The molecule has 3 rings (SSSR count). The number of rotatable bonds is 6. The van der Waals surface area contributed by atoms with E-state index in [9.17, 15) is 18.3 Å². The van der Waals surface area contributed by atoms with Gasteiger partial charge in [0.15, 0.2) is 0 Å². The summed E-state index contributed by atoms with van der Waals surface area (Å²) in [6, 6.07) is 9.29. The predicted molar refractivity (Wildman–Crippen MR) is 99.7 cm³/mol. The van der Waals surface area contributed by atoms with E-state index in [-0.39, 0.29) is 22.3 Å². The van der Waals surface area contributed by atoms with E-state index in [2.05, 4.69) is 14.6 Å². The van der Waals surface area contributed by atoms with Crippen LogP contribution in [0.4, 0.5) is 5.82 Å². The van der Waals surface area contributed by atoms with Crippen LogP contribution in [-0.2, 0) is 10.0 Å². The lowest BCUT2D eigenvalue weighted by atomic mass is 10.1. The second-order valence-electron chi connectivity index (χ2n) is 6.24. The molecule has 1 aromatic carbocycles. The lowest BCUT2D eigenvalue weighted by Crippen LogP contribution is -2.44. The Morgan fingerprint density at radius 3 is 2.59 bits per heavy atom. The van der Waals surface area contributed by atoms with Gasteiger partial charge in [0.1, 0.15) is 17.1 Å². The molecular formula is C18H21N3O5S. The Hall–Kier alpha value is -2.65. The van der Waals surface area contributed by atoms with Crippen molar-refractivity contribution in [2.75, 3.05) is 25.1 Å². The largest absolute Gasteiger partial charge is 0.496 e. The van der Waals surface area contributed by atoms with Crippen molar-refractivity contribution in [3.8, 4) is 5.75 Å². The maximum absolute atomic E-state index is 12.7. The highest BCUT2D eigenvalue weighted by Crippen LogP contribution is 2.24. The average Bonchev–Trinajstić information content (AvgIpc) is 2.68. The molecular weight excluding hydrogens is 370 g/mol. The minimum absolute atomic E-state index is 0.0899. The first-order chi connectivity index (χ1) is 12.9. The number of carboxylic acid groups (broad SMARTS) is 1. The van der Waals surface area contributed by atoms with Crippen LogP contribution in [0.1, 0.15) is 23.2 Å². The number of carboxylic acids is 1. The Labute approximate surface area is 157 Å². The molecule has 2 N–H and O–H groups in total. The SMILES string of the molecule is COc1ccc(S(=O)(=O)NC2CCN(c3ccccn3)CC2)cc1C(=O)O. The number of aromatic carboxylic acids is 1. The summed E-state index contributed by atoms with van der Waals surface area (Å²) in [6.45, 7) is 1.38. The predicted octanol–water partition coefficient (Wildman–Crippen LogP) is 1.74. The van der Waals surface area contributed by atoms with Crippen molar-refractivity contribution < 1.29 is 23.1 Å². The quantitative estimate of drug-likeness (QED) is 0.772. The lowest BCUT2D eigenvalue weighted by Gasteiger charge is -2.33. The fourth-order valence-corrected chi connectivity index (χ4v) is 4.41. The first-order valence-electron chi connectivity index (χ1n) is 8.50. The number of sulfonamides is 1. The fraction of sp³-hybridized carbons (Fsp3) is 0.333. The molecule has 0 atom stereocenters. The lowest BCUT2D eigenvalue weighted by molar-refractivity contribution is 0.0693. The van der Waals surface area contributed by atoms with Crippen molar-refractivity contribution in [2.24, 2.45) is 0 Å². The van der Waals surface area contributed by atoms with Crippen molar-refractivity contribution >= 4 is 21.8 Å². The number of methoxy groups -OCH3 is 1. The smallest absolute Gasteiger partial charge is 0.339 e. The maximum atomic E-state index is 12.7. The Bertz CT molecular complexity index is 910. The first kappa shape index (κ1) is 19.1. The summed E-state index contributed by atoms with van der Waals surface area (Å²) in [7, 11) is -2.49. The van der Waals surface area contributed by atoms with E-state index in [0.717, 1.165) is 11.9 Å². The van der Waals surface area contributed by atoms with Gasteiger partial charge in [-0.05, 0) is 43.2 Å². The van der Waals surface area contributed by atoms with Crippen LogP contribution >= 0.6 is 0 Å². The molecule has 8 nitrogen and oxygen atoms in total. The second kappa shape index (κ2) is 7.93. The highest BCUT2D eigenvalue weighted by molar-refractivity contribution is 7.89. The van der Waals surface area contributed by atoms with Gasteiger partial charge in [-0.2, -0.15) is 0 Å². The third-order valence-electron chi connectivity index (χ3n) is 4.50. The molecule has 0 aliphatic carbocycles. The number of carbonyl (C=O) groups is 1. The van der Waals surface area contributed by atoms with Crippen molar-refractivity contribution in [1.29, 1.82) is 0 Å². The molecule has 0 bridgehead atoms. The molecule has 2 aromatic rings. The Morgan fingerprint density at radius 1 is 1.26 bits per heavy atom. The summed E-state index contributed by atoms with van der Waals surface area (Å²) in [5.41, 5.74) is -0.189. The van der Waals surface area contributed by atoms with Crippen LogP contribution in [0.2, 0.25) is 0 Å². The van der Waals surface area contributed by atoms with Crippen molar-refractivity contribution in [3.63, 3.8) is 0 Å². The number of hydrogen-bond acceptors (Lipinski definition) is 6. The van der Waals surface area contributed by atoms with Crippen LogP contribution in [0.3, 0.4) is 0 Å². The number of hydrogen-bond donors (Lipinski definition) is 2. The second-order valence-corrected chi connectivity index (χ2v) is 7.95. The Balaban J connectivity index is 1.69. The number of piperidine rings is 1. The maximum Gasteiger partial charge on any atom is 0.339 e. The summed E-state index contributed by atoms with van der Waals surface area (Å²) < 4.78 is 33.0. The van der Waals surface area contributed by atoms with Gasteiger partial charge >= 0.3 is 5.97 Å². The van der Waals surface area contributed by atoms with Gasteiger partial charge < -0.3 is 14.7 Å². The first-order valence-corrected chi connectivity index (χ1v) is 9.98. The topological polar surface area (TPSA) is 109 Å². The fourth-order valence-electron chi connectivity index (χ4n) is 3.08. The Morgan fingerprint density at radius 2 is 2.00 bits per heavy atom. The van der Waals surface area contributed by atoms with Crippen molar-refractivity contribution in [1.82, 2.24) is 9.71 Å². The van der Waals surface area contributed by atoms with E-state index in [0.29, 0.717) is 25.9 Å². The zero-order valence-corrected chi connectivity index (χ0v) is 15.6. The molecule has 1 aliphatic heterocycles. The minimum Gasteiger partial charge on any atom is -0.496 e. The van der Waals surface area contributed by atoms with Gasteiger partial charge in [-0.25, -0.2) is 22.9 Å². The Kier molecular flexibility index (Phi) is 5.62. The average molecular weight is 391 g/mol. The molecule has 9 heteroatoms. The molecule has 27 heavy (non-hydrogen) atoms. The molecule has 1 fully saturated rings. The number of benzene rings is 1. The van der Waals surface area contributed by atoms with Crippen LogP contribution in [0.5, 0.6) is 5.75 Å². The molecule has 2 heterocycles. The van der Waals surface area contributed by atoms with Crippen molar-refractivity contribution in [3.05, 3.63) is 48.2 Å². The van der Waals surface area contributed by atoms with E-state index in [4.69, 9.17) is 4.74 Å². The van der Waals surface area contributed by atoms with Crippen LogP contribution < -0.4 is 14.4 Å². The van der Waals surface area contributed by atoms with E-state index >= 15 is 0 Å². The molecule has 1 saturated heterocycles. The van der Waals surface area contributed by atoms with Gasteiger partial charge in [0.25, 0.3) is 0 Å². The van der Waals surface area contributed by atoms with Gasteiger partial charge in [0.05, 0.1) is 12.0 Å². The van der Waals surface area contributed by atoms with Crippen LogP contribution in [0.15, 0.2) is 47.5 Å². The third kappa shape index (κ3) is 4.37. The molecule has 0 saturated carbocycles. The van der Waals surface area contributed by atoms with Gasteiger partial charge in [-0.15, -0.1) is 0 Å². The minimum atomic E-state index is -3.83. The van der Waals surface area contributed by atoms with E-state index in [1.54, 1.807) is 6.20 Å². The zero-order chi connectivity index (χ0) is 19.4. The summed E-state index contributed by atoms with van der Waals surface area (Å²) in [6.07, 6.45) is 3.00. The number of aromatic nitrogens is 1. The summed E-state index contributed by atoms with van der Waals surface area (Å²) in [5.74, 6) is -0.252. The van der Waals surface area contributed by atoms with Crippen LogP contribution in [-0.4, -0.2) is 50.7 Å². The molecule has 1 aliphatic rings. The van der Waals surface area contributed by atoms with E-state index in [1.807, 2.05) is 18.2 Å². The molecule has 144 valence electrons. The van der Waals surface area contributed by atoms with Crippen LogP contribution in [0.25, 0.3) is 0 Å². The number of nitrogens with zero attached hydrogens (tertiary/aromatic N) is 2. The monoisotopic (exact) mass is 391 g/mol.